The number of hydrogen-bond donors (Lipinski definition) is 2. The second-order valence-electron chi connectivity index (χ2n) is 9.03. The third-order valence-electron chi connectivity index (χ3n) is 5.77. The van der Waals surface area contributed by atoms with Crippen molar-refractivity contribution in [3.8, 4) is 11.5 Å². The van der Waals surface area contributed by atoms with Crippen LogP contribution in [0.1, 0.15) is 59.8 Å². The Morgan fingerprint density at radius 2 is 1.75 bits per heavy atom. The normalized spacial score (nSPS) is 11.7. The molecule has 1 amide bonds. The lowest BCUT2D eigenvalue weighted by atomic mass is 9.94. The van der Waals surface area contributed by atoms with Crippen molar-refractivity contribution in [3.63, 3.8) is 0 Å². The van der Waals surface area contributed by atoms with Gasteiger partial charge in [-0.25, -0.2) is 4.39 Å². The Hall–Kier alpha value is -3.87. The van der Waals surface area contributed by atoms with Crippen molar-refractivity contribution in [2.75, 3.05) is 7.11 Å². The van der Waals surface area contributed by atoms with E-state index in [1.165, 1.54) is 13.2 Å². The van der Waals surface area contributed by atoms with Crippen LogP contribution in [0.25, 0.3) is 0 Å². The number of carbonyl (C=O) groups excluding carboxylic acids is 1. The van der Waals surface area contributed by atoms with Crippen LogP contribution in [-0.2, 0) is 17.8 Å². The smallest absolute Gasteiger partial charge is 0.303 e. The number of aliphatic carboxylic acids is 1. The average molecular weight is 494 g/mol. The van der Waals surface area contributed by atoms with Crippen LogP contribution >= 0.6 is 0 Å². The van der Waals surface area contributed by atoms with E-state index in [1.807, 2.05) is 50.2 Å². The molecule has 1 unspecified atom stereocenters. The van der Waals surface area contributed by atoms with Gasteiger partial charge in [-0.15, -0.1) is 0 Å². The molecule has 190 valence electrons. The number of para-hydroxylation sites is 1. The van der Waals surface area contributed by atoms with E-state index in [9.17, 15) is 14.0 Å². The van der Waals surface area contributed by atoms with Crippen LogP contribution in [0.4, 0.5) is 4.39 Å². The first-order chi connectivity index (χ1) is 17.3. The first kappa shape index (κ1) is 26.7. The Labute approximate surface area is 211 Å². The fourth-order valence-electron chi connectivity index (χ4n) is 3.96. The molecule has 3 aromatic carbocycles. The predicted molar refractivity (Wildman–Crippen MR) is 136 cm³/mol. The lowest BCUT2D eigenvalue weighted by Gasteiger charge is -2.23. The Morgan fingerprint density at radius 1 is 1.00 bits per heavy atom. The molecule has 0 aromatic heterocycles. The number of aryl methyl sites for hydroxylation is 1. The van der Waals surface area contributed by atoms with Gasteiger partial charge in [0.15, 0.2) is 0 Å². The number of nitrogens with one attached hydrogen (secondary N) is 1. The second-order valence-corrected chi connectivity index (χ2v) is 9.03. The minimum absolute atomic E-state index is 0.108. The third-order valence-corrected chi connectivity index (χ3v) is 5.77. The van der Waals surface area contributed by atoms with Gasteiger partial charge in [0.25, 0.3) is 5.91 Å². The Balaban J connectivity index is 1.88. The SMILES string of the molecule is COc1ccc(C(CC(C)C)NC(=O)c2cc(COc3ccccc3)ccc2CCC(=O)O)c(F)c1. The molecule has 3 aromatic rings. The van der Waals surface area contributed by atoms with Crippen LogP contribution in [0, 0.1) is 11.7 Å². The highest BCUT2D eigenvalue weighted by molar-refractivity contribution is 5.96. The van der Waals surface area contributed by atoms with E-state index in [0.717, 1.165) is 5.56 Å². The quantitative estimate of drug-likeness (QED) is 0.326. The van der Waals surface area contributed by atoms with E-state index in [-0.39, 0.29) is 25.4 Å². The van der Waals surface area contributed by atoms with Crippen LogP contribution in [0.5, 0.6) is 11.5 Å². The number of amides is 1. The molecule has 0 saturated carbocycles. The van der Waals surface area contributed by atoms with Crippen LogP contribution in [0.3, 0.4) is 0 Å². The van der Waals surface area contributed by atoms with Gasteiger partial charge in [-0.1, -0.05) is 50.2 Å². The van der Waals surface area contributed by atoms with Crippen molar-refractivity contribution in [2.24, 2.45) is 5.92 Å². The van der Waals surface area contributed by atoms with Crippen LogP contribution in [0.15, 0.2) is 66.7 Å². The summed E-state index contributed by atoms with van der Waals surface area (Å²) in [7, 11) is 1.47. The number of benzene rings is 3. The standard InChI is InChI=1S/C29H32FNO5/c1-19(2)15-27(24-13-12-23(35-3)17-26(24)30)31-29(34)25-16-20(9-10-21(25)11-14-28(32)33)18-36-22-7-5-4-6-8-22/h4-10,12-13,16-17,19,27H,11,14-15,18H2,1-3H3,(H,31,34)(H,32,33). The van der Waals surface area contributed by atoms with Crippen molar-refractivity contribution >= 4 is 11.9 Å². The molecule has 1 atom stereocenters. The monoisotopic (exact) mass is 493 g/mol. The van der Waals surface area contributed by atoms with Crippen molar-refractivity contribution in [3.05, 3.63) is 94.8 Å². The lowest BCUT2D eigenvalue weighted by Crippen LogP contribution is -2.31. The fraction of sp³-hybridized carbons (Fsp3) is 0.310. The van der Waals surface area contributed by atoms with Gasteiger partial charge in [0, 0.05) is 23.6 Å². The zero-order valence-electron chi connectivity index (χ0n) is 20.8. The minimum atomic E-state index is -0.948. The van der Waals surface area contributed by atoms with Gasteiger partial charge in [-0.3, -0.25) is 9.59 Å². The zero-order chi connectivity index (χ0) is 26.1. The maximum atomic E-state index is 14.9. The van der Waals surface area contributed by atoms with Crippen molar-refractivity contribution < 1.29 is 28.6 Å². The van der Waals surface area contributed by atoms with Gasteiger partial charge in [0.2, 0.25) is 0 Å². The molecule has 36 heavy (non-hydrogen) atoms. The second kappa shape index (κ2) is 12.7. The summed E-state index contributed by atoms with van der Waals surface area (Å²) in [5, 5.41) is 12.1. The molecule has 7 heteroatoms. The molecule has 3 rings (SSSR count). The van der Waals surface area contributed by atoms with Gasteiger partial charge < -0.3 is 19.9 Å². The maximum Gasteiger partial charge on any atom is 0.303 e. The molecule has 0 fully saturated rings. The zero-order valence-corrected chi connectivity index (χ0v) is 20.8. The minimum Gasteiger partial charge on any atom is -0.497 e. The highest BCUT2D eigenvalue weighted by atomic mass is 19.1. The summed E-state index contributed by atoms with van der Waals surface area (Å²) in [4.78, 5) is 24.7. The molecule has 0 heterocycles. The number of carboxylic acid groups (broad SMARTS) is 1. The molecular weight excluding hydrogens is 461 g/mol. The molecule has 6 nitrogen and oxygen atoms in total. The first-order valence-corrected chi connectivity index (χ1v) is 11.9. The van der Waals surface area contributed by atoms with E-state index >= 15 is 0 Å². The van der Waals surface area contributed by atoms with Gasteiger partial charge in [0.05, 0.1) is 13.2 Å². The van der Waals surface area contributed by atoms with Crippen LogP contribution in [0.2, 0.25) is 0 Å². The molecule has 0 radical (unpaired) electrons. The molecule has 0 aliphatic carbocycles. The molecule has 0 spiro atoms. The fourth-order valence-corrected chi connectivity index (χ4v) is 3.96. The highest BCUT2D eigenvalue weighted by Gasteiger charge is 2.22. The molecule has 0 aliphatic heterocycles. The van der Waals surface area contributed by atoms with E-state index in [0.29, 0.717) is 34.6 Å². The topological polar surface area (TPSA) is 84.9 Å². The number of halogens is 1. The van der Waals surface area contributed by atoms with Crippen molar-refractivity contribution in [1.82, 2.24) is 5.32 Å². The highest BCUT2D eigenvalue weighted by Crippen LogP contribution is 2.28. The van der Waals surface area contributed by atoms with E-state index < -0.39 is 23.7 Å². The molecule has 2 N–H and O–H groups in total. The number of carboxylic acids is 1. The summed E-state index contributed by atoms with van der Waals surface area (Å²) in [6.07, 6.45) is 0.614. The van der Waals surface area contributed by atoms with Gasteiger partial charge in [-0.05, 0) is 54.2 Å². The van der Waals surface area contributed by atoms with Crippen molar-refractivity contribution in [1.29, 1.82) is 0 Å². The summed E-state index contributed by atoms with van der Waals surface area (Å²) >= 11 is 0. The maximum absolute atomic E-state index is 14.9. The summed E-state index contributed by atoms with van der Waals surface area (Å²) < 4.78 is 25.8. The van der Waals surface area contributed by atoms with E-state index in [4.69, 9.17) is 14.6 Å². The van der Waals surface area contributed by atoms with Crippen molar-refractivity contribution in [2.45, 2.75) is 45.8 Å². The Bertz CT molecular complexity index is 1180. The summed E-state index contributed by atoms with van der Waals surface area (Å²) in [5.74, 6) is -0.516. The predicted octanol–water partition coefficient (Wildman–Crippen LogP) is 5.95. The average Bonchev–Trinajstić information content (AvgIpc) is 2.86. The summed E-state index contributed by atoms with van der Waals surface area (Å²) in [5.41, 5.74) is 2.09. The van der Waals surface area contributed by atoms with Gasteiger partial charge in [0.1, 0.15) is 23.9 Å². The molecule has 0 saturated heterocycles. The van der Waals surface area contributed by atoms with Crippen LogP contribution in [-0.4, -0.2) is 24.1 Å². The van der Waals surface area contributed by atoms with Gasteiger partial charge >= 0.3 is 5.97 Å². The van der Waals surface area contributed by atoms with E-state index in [2.05, 4.69) is 5.32 Å². The van der Waals surface area contributed by atoms with Gasteiger partial charge in [-0.2, -0.15) is 0 Å². The number of methoxy groups -OCH3 is 1. The summed E-state index contributed by atoms with van der Waals surface area (Å²) in [6, 6.07) is 18.6. The Morgan fingerprint density at radius 3 is 2.39 bits per heavy atom. The Kier molecular flexibility index (Phi) is 9.45. The summed E-state index contributed by atoms with van der Waals surface area (Å²) in [6.45, 7) is 4.24. The third kappa shape index (κ3) is 7.57. The van der Waals surface area contributed by atoms with E-state index in [1.54, 1.807) is 24.3 Å². The molecular formula is C29H32FNO5. The first-order valence-electron chi connectivity index (χ1n) is 11.9. The number of hydrogen-bond acceptors (Lipinski definition) is 4. The largest absolute Gasteiger partial charge is 0.497 e. The molecule has 0 bridgehead atoms. The molecule has 0 aliphatic rings. The number of carbonyl (C=O) groups is 2. The number of ether oxygens (including phenoxy) is 2. The lowest BCUT2D eigenvalue weighted by molar-refractivity contribution is -0.136. The number of rotatable bonds is 12. The van der Waals surface area contributed by atoms with Crippen LogP contribution < -0.4 is 14.8 Å².